The van der Waals surface area contributed by atoms with Crippen LogP contribution in [0.5, 0.6) is 11.5 Å². The summed E-state index contributed by atoms with van der Waals surface area (Å²) in [5.41, 5.74) is 3.18. The summed E-state index contributed by atoms with van der Waals surface area (Å²) in [6, 6.07) is 13.5. The highest BCUT2D eigenvalue weighted by Crippen LogP contribution is 2.28. The average molecular weight is 424 g/mol. The molecule has 1 heterocycles. The highest BCUT2D eigenvalue weighted by molar-refractivity contribution is 5.89. The molecular weight excluding hydrogens is 394 g/mol. The third-order valence-electron chi connectivity index (χ3n) is 5.18. The SMILES string of the molecule is CCCCOc1ccc(C=CC(=O)OCC(=O)N2CCc3ccccc3C2)cc1OC. The van der Waals surface area contributed by atoms with E-state index in [9.17, 15) is 9.59 Å². The molecule has 6 nitrogen and oxygen atoms in total. The summed E-state index contributed by atoms with van der Waals surface area (Å²) in [6.07, 6.45) is 5.78. The number of esters is 1. The largest absolute Gasteiger partial charge is 0.493 e. The van der Waals surface area contributed by atoms with Gasteiger partial charge in [0, 0.05) is 19.2 Å². The van der Waals surface area contributed by atoms with Gasteiger partial charge in [-0.15, -0.1) is 0 Å². The maximum Gasteiger partial charge on any atom is 0.331 e. The van der Waals surface area contributed by atoms with E-state index in [2.05, 4.69) is 13.0 Å². The van der Waals surface area contributed by atoms with Crippen LogP contribution in [0.4, 0.5) is 0 Å². The zero-order chi connectivity index (χ0) is 22.1. The number of carbonyl (C=O) groups excluding carboxylic acids is 2. The molecule has 2 aromatic carbocycles. The number of fused-ring (bicyclic) bond motifs is 1. The standard InChI is InChI=1S/C25H29NO5/c1-3-4-15-30-22-11-9-19(16-23(22)29-2)10-12-25(28)31-18-24(27)26-14-13-20-7-5-6-8-21(20)17-26/h5-12,16H,3-4,13-15,17-18H2,1-2H3. The number of ether oxygens (including phenoxy) is 3. The predicted octanol–water partition coefficient (Wildman–Crippen LogP) is 4.02. The highest BCUT2D eigenvalue weighted by atomic mass is 16.5. The van der Waals surface area contributed by atoms with Crippen LogP contribution in [-0.4, -0.2) is 43.6 Å². The van der Waals surface area contributed by atoms with Crippen LogP contribution in [0.15, 0.2) is 48.5 Å². The Kier molecular flexibility index (Phi) is 8.10. The summed E-state index contributed by atoms with van der Waals surface area (Å²) in [7, 11) is 1.58. The van der Waals surface area contributed by atoms with Crippen LogP contribution < -0.4 is 9.47 Å². The van der Waals surface area contributed by atoms with E-state index in [0.29, 0.717) is 31.2 Å². The second kappa shape index (κ2) is 11.2. The van der Waals surface area contributed by atoms with Gasteiger partial charge in [0.2, 0.25) is 0 Å². The van der Waals surface area contributed by atoms with Crippen LogP contribution in [0.25, 0.3) is 6.08 Å². The van der Waals surface area contributed by atoms with E-state index in [0.717, 1.165) is 30.4 Å². The van der Waals surface area contributed by atoms with Gasteiger partial charge in [0.1, 0.15) is 0 Å². The van der Waals surface area contributed by atoms with Gasteiger partial charge in [-0.3, -0.25) is 4.79 Å². The first kappa shape index (κ1) is 22.4. The molecule has 6 heteroatoms. The van der Waals surface area contributed by atoms with Gasteiger partial charge in [-0.1, -0.05) is 43.7 Å². The van der Waals surface area contributed by atoms with Crippen molar-refractivity contribution < 1.29 is 23.8 Å². The molecule has 0 N–H and O–H groups in total. The molecule has 1 aliphatic heterocycles. The van der Waals surface area contributed by atoms with Crippen LogP contribution in [0.1, 0.15) is 36.5 Å². The molecule has 1 amide bonds. The molecule has 0 bridgehead atoms. The lowest BCUT2D eigenvalue weighted by Gasteiger charge is -2.28. The van der Waals surface area contributed by atoms with E-state index >= 15 is 0 Å². The number of hydrogen-bond acceptors (Lipinski definition) is 5. The van der Waals surface area contributed by atoms with Crippen molar-refractivity contribution >= 4 is 18.0 Å². The van der Waals surface area contributed by atoms with Crippen molar-refractivity contribution in [3.8, 4) is 11.5 Å². The molecule has 3 rings (SSSR count). The molecule has 0 aliphatic carbocycles. The van der Waals surface area contributed by atoms with Gasteiger partial charge in [0.25, 0.3) is 5.91 Å². The Morgan fingerprint density at radius 3 is 2.68 bits per heavy atom. The zero-order valence-corrected chi connectivity index (χ0v) is 18.1. The van der Waals surface area contributed by atoms with Crippen LogP contribution in [0.2, 0.25) is 0 Å². The summed E-state index contributed by atoms with van der Waals surface area (Å²) >= 11 is 0. The van der Waals surface area contributed by atoms with E-state index in [1.165, 1.54) is 11.6 Å². The predicted molar refractivity (Wildman–Crippen MR) is 119 cm³/mol. The fourth-order valence-electron chi connectivity index (χ4n) is 3.38. The Balaban J connectivity index is 1.49. The number of rotatable bonds is 9. The molecule has 0 saturated heterocycles. The molecule has 0 saturated carbocycles. The van der Waals surface area contributed by atoms with Crippen molar-refractivity contribution in [2.45, 2.75) is 32.7 Å². The Morgan fingerprint density at radius 2 is 1.90 bits per heavy atom. The molecule has 164 valence electrons. The molecule has 31 heavy (non-hydrogen) atoms. The maximum atomic E-state index is 12.4. The van der Waals surface area contributed by atoms with Crippen LogP contribution in [-0.2, 0) is 27.3 Å². The first-order chi connectivity index (χ1) is 15.1. The number of methoxy groups -OCH3 is 1. The summed E-state index contributed by atoms with van der Waals surface area (Å²) in [5, 5.41) is 0. The van der Waals surface area contributed by atoms with E-state index in [-0.39, 0.29) is 12.5 Å². The minimum atomic E-state index is -0.562. The summed E-state index contributed by atoms with van der Waals surface area (Å²) in [5.74, 6) is 0.524. The van der Waals surface area contributed by atoms with Crippen molar-refractivity contribution in [3.05, 3.63) is 65.2 Å². The molecule has 0 radical (unpaired) electrons. The third-order valence-corrected chi connectivity index (χ3v) is 5.18. The lowest BCUT2D eigenvalue weighted by molar-refractivity contribution is -0.148. The third kappa shape index (κ3) is 6.35. The Morgan fingerprint density at radius 1 is 1.10 bits per heavy atom. The molecule has 0 unspecified atom stereocenters. The van der Waals surface area contributed by atoms with E-state index in [1.807, 2.05) is 30.3 Å². The quantitative estimate of drug-likeness (QED) is 0.346. The normalized spacial score (nSPS) is 13.0. The summed E-state index contributed by atoms with van der Waals surface area (Å²) in [4.78, 5) is 26.2. The van der Waals surface area contributed by atoms with E-state index in [1.54, 1.807) is 24.2 Å². The number of benzene rings is 2. The molecule has 2 aromatic rings. The van der Waals surface area contributed by atoms with Gasteiger partial charge in [-0.2, -0.15) is 0 Å². The Bertz CT molecular complexity index is 937. The van der Waals surface area contributed by atoms with Crippen molar-refractivity contribution in [1.29, 1.82) is 0 Å². The second-order valence-corrected chi connectivity index (χ2v) is 7.39. The van der Waals surface area contributed by atoms with Gasteiger partial charge in [0.15, 0.2) is 18.1 Å². The van der Waals surface area contributed by atoms with E-state index in [4.69, 9.17) is 14.2 Å². The lowest BCUT2D eigenvalue weighted by Crippen LogP contribution is -2.38. The topological polar surface area (TPSA) is 65.1 Å². The van der Waals surface area contributed by atoms with Crippen LogP contribution >= 0.6 is 0 Å². The number of carbonyl (C=O) groups is 2. The Labute approximate surface area is 183 Å². The van der Waals surface area contributed by atoms with Crippen molar-refractivity contribution in [2.24, 2.45) is 0 Å². The van der Waals surface area contributed by atoms with Crippen molar-refractivity contribution in [2.75, 3.05) is 26.9 Å². The van der Waals surface area contributed by atoms with Gasteiger partial charge in [-0.25, -0.2) is 4.79 Å². The number of amides is 1. The van der Waals surface area contributed by atoms with Crippen molar-refractivity contribution in [1.82, 2.24) is 4.90 Å². The monoisotopic (exact) mass is 423 g/mol. The van der Waals surface area contributed by atoms with Gasteiger partial charge >= 0.3 is 5.97 Å². The van der Waals surface area contributed by atoms with E-state index < -0.39 is 5.97 Å². The van der Waals surface area contributed by atoms with Crippen LogP contribution in [0, 0.1) is 0 Å². The summed E-state index contributed by atoms with van der Waals surface area (Å²) < 4.78 is 16.2. The fourth-order valence-corrected chi connectivity index (χ4v) is 3.38. The molecule has 0 fully saturated rings. The minimum Gasteiger partial charge on any atom is -0.493 e. The molecule has 0 spiro atoms. The molecular formula is C25H29NO5. The first-order valence-electron chi connectivity index (χ1n) is 10.6. The molecule has 1 aliphatic rings. The fraction of sp³-hybridized carbons (Fsp3) is 0.360. The second-order valence-electron chi connectivity index (χ2n) is 7.39. The number of unbranched alkanes of at least 4 members (excludes halogenated alkanes) is 1. The first-order valence-corrected chi connectivity index (χ1v) is 10.6. The highest BCUT2D eigenvalue weighted by Gasteiger charge is 2.21. The molecule has 0 atom stereocenters. The zero-order valence-electron chi connectivity index (χ0n) is 18.1. The Hall–Kier alpha value is -3.28. The maximum absolute atomic E-state index is 12.4. The molecule has 0 aromatic heterocycles. The number of nitrogens with zero attached hydrogens (tertiary/aromatic N) is 1. The van der Waals surface area contributed by atoms with Crippen molar-refractivity contribution in [3.63, 3.8) is 0 Å². The smallest absolute Gasteiger partial charge is 0.331 e. The van der Waals surface area contributed by atoms with Gasteiger partial charge in [0.05, 0.1) is 13.7 Å². The van der Waals surface area contributed by atoms with Crippen LogP contribution in [0.3, 0.4) is 0 Å². The van der Waals surface area contributed by atoms with Gasteiger partial charge < -0.3 is 19.1 Å². The lowest BCUT2D eigenvalue weighted by atomic mass is 10.00. The van der Waals surface area contributed by atoms with Gasteiger partial charge in [-0.05, 0) is 47.7 Å². The number of hydrogen-bond donors (Lipinski definition) is 0. The average Bonchev–Trinajstić information content (AvgIpc) is 2.81. The summed E-state index contributed by atoms with van der Waals surface area (Å²) in [6.45, 7) is 3.65. The minimum absolute atomic E-state index is 0.188.